The van der Waals surface area contributed by atoms with Gasteiger partial charge in [0.05, 0.1) is 0 Å². The number of hydrogen-bond donors (Lipinski definition) is 0. The Kier molecular flexibility index (Phi) is 4.37. The predicted molar refractivity (Wildman–Crippen MR) is 104 cm³/mol. The van der Waals surface area contributed by atoms with Crippen LogP contribution in [0.25, 0.3) is 11.1 Å². The first-order valence-electron chi connectivity index (χ1n) is 8.97. The van der Waals surface area contributed by atoms with Crippen molar-refractivity contribution in [3.05, 3.63) is 89.7 Å². The first kappa shape index (κ1) is 16.0. The predicted octanol–water partition coefficient (Wildman–Crippen LogP) is 4.76. The Bertz CT molecular complexity index is 855. The van der Waals surface area contributed by atoms with Gasteiger partial charge in [-0.25, -0.2) is 0 Å². The van der Waals surface area contributed by atoms with E-state index in [0.29, 0.717) is 12.0 Å². The number of nitrogens with zero attached hydrogens (tertiary/aromatic N) is 2. The maximum Gasteiger partial charge on any atom is 0.0273 e. The van der Waals surface area contributed by atoms with Gasteiger partial charge in [-0.15, -0.1) is 0 Å². The molecule has 3 aromatic rings. The quantitative estimate of drug-likeness (QED) is 0.689. The molecule has 2 heteroatoms. The summed E-state index contributed by atoms with van der Waals surface area (Å²) in [6, 6.07) is 22.7. The summed E-state index contributed by atoms with van der Waals surface area (Å²) >= 11 is 0. The summed E-state index contributed by atoms with van der Waals surface area (Å²) in [7, 11) is 4.39. The summed E-state index contributed by atoms with van der Waals surface area (Å²) in [5.41, 5.74) is 6.89. The highest BCUT2D eigenvalue weighted by molar-refractivity contribution is 5.64. The molecular weight excluding hydrogens is 304 g/mol. The van der Waals surface area contributed by atoms with E-state index >= 15 is 0 Å². The Morgan fingerprint density at radius 3 is 2.48 bits per heavy atom. The summed E-state index contributed by atoms with van der Waals surface area (Å²) in [4.78, 5) is 6.51. The number of likely N-dealkylation sites (N-methyl/N-ethyl adjacent to an activating group) is 1. The molecule has 2 aromatic carbocycles. The average molecular weight is 328 g/mol. The second-order valence-corrected chi connectivity index (χ2v) is 7.17. The van der Waals surface area contributed by atoms with Crippen LogP contribution in [0.4, 0.5) is 0 Å². The van der Waals surface area contributed by atoms with Gasteiger partial charge in [-0.05, 0) is 66.9 Å². The van der Waals surface area contributed by atoms with Crippen LogP contribution in [0, 0.1) is 0 Å². The van der Waals surface area contributed by atoms with Crippen molar-refractivity contribution in [1.82, 2.24) is 9.88 Å². The first-order chi connectivity index (χ1) is 12.2. The van der Waals surface area contributed by atoms with Crippen LogP contribution in [0.3, 0.4) is 0 Å². The molecule has 1 aromatic heterocycles. The molecule has 0 spiro atoms. The molecular formula is C23H24N2. The van der Waals surface area contributed by atoms with Crippen molar-refractivity contribution in [2.75, 3.05) is 14.1 Å². The fourth-order valence-electron chi connectivity index (χ4n) is 3.98. The van der Waals surface area contributed by atoms with Gasteiger partial charge in [0, 0.05) is 24.4 Å². The summed E-state index contributed by atoms with van der Waals surface area (Å²) in [6.45, 7) is 0. The molecule has 1 heterocycles. The van der Waals surface area contributed by atoms with E-state index in [4.69, 9.17) is 0 Å². The number of aromatic nitrogens is 1. The van der Waals surface area contributed by atoms with E-state index in [1.54, 1.807) is 0 Å². The molecule has 0 unspecified atom stereocenters. The third-order valence-electron chi connectivity index (χ3n) is 5.43. The largest absolute Gasteiger partial charge is 0.306 e. The highest BCUT2D eigenvalue weighted by atomic mass is 15.1. The zero-order valence-corrected chi connectivity index (χ0v) is 14.9. The van der Waals surface area contributed by atoms with Crippen molar-refractivity contribution in [1.29, 1.82) is 0 Å². The van der Waals surface area contributed by atoms with E-state index in [9.17, 15) is 0 Å². The van der Waals surface area contributed by atoms with Crippen molar-refractivity contribution in [3.63, 3.8) is 0 Å². The lowest BCUT2D eigenvalue weighted by molar-refractivity contribution is 0.258. The first-order valence-corrected chi connectivity index (χ1v) is 8.97. The minimum absolute atomic E-state index is 0.458. The van der Waals surface area contributed by atoms with E-state index in [1.807, 2.05) is 12.4 Å². The molecule has 25 heavy (non-hydrogen) atoms. The van der Waals surface area contributed by atoms with E-state index in [0.717, 1.165) is 6.42 Å². The van der Waals surface area contributed by atoms with Gasteiger partial charge in [0.15, 0.2) is 0 Å². The van der Waals surface area contributed by atoms with E-state index < -0.39 is 0 Å². The lowest BCUT2D eigenvalue weighted by atomic mass is 9.76. The Labute approximate surface area is 150 Å². The molecule has 2 nitrogen and oxygen atoms in total. The van der Waals surface area contributed by atoms with Crippen molar-refractivity contribution < 1.29 is 0 Å². The van der Waals surface area contributed by atoms with E-state index in [2.05, 4.69) is 84.6 Å². The summed E-state index contributed by atoms with van der Waals surface area (Å²) in [6.07, 6.45) is 6.04. The smallest absolute Gasteiger partial charge is 0.0273 e. The van der Waals surface area contributed by atoms with E-state index in [-0.39, 0.29) is 0 Å². The standard InChI is InChI=1S/C23H24N2/c1-25(2)21-15-20-6-3-4-9-22(20)23(16-21)19-8-5-7-18(14-19)17-10-12-24-13-11-17/h3-14,21,23H,15-16H2,1-2H3/t21-,23+/m1/s1. The summed E-state index contributed by atoms with van der Waals surface area (Å²) in [5.74, 6) is 0.458. The fourth-order valence-corrected chi connectivity index (χ4v) is 3.98. The molecule has 0 saturated heterocycles. The molecule has 4 rings (SSSR count). The number of fused-ring (bicyclic) bond motifs is 1. The van der Waals surface area contributed by atoms with Crippen LogP contribution >= 0.6 is 0 Å². The lowest BCUT2D eigenvalue weighted by Gasteiger charge is -2.35. The Hall–Kier alpha value is -2.45. The maximum absolute atomic E-state index is 4.14. The molecule has 1 aliphatic rings. The average Bonchev–Trinajstić information content (AvgIpc) is 2.68. The van der Waals surface area contributed by atoms with Crippen LogP contribution in [-0.4, -0.2) is 30.0 Å². The van der Waals surface area contributed by atoms with Gasteiger partial charge in [0.25, 0.3) is 0 Å². The third kappa shape index (κ3) is 3.22. The topological polar surface area (TPSA) is 16.1 Å². The molecule has 0 saturated carbocycles. The van der Waals surface area contributed by atoms with Crippen LogP contribution in [0.2, 0.25) is 0 Å². The van der Waals surface area contributed by atoms with Crippen molar-refractivity contribution in [2.45, 2.75) is 24.8 Å². The highest BCUT2D eigenvalue weighted by Gasteiger charge is 2.28. The normalized spacial score (nSPS) is 19.6. The zero-order valence-electron chi connectivity index (χ0n) is 14.9. The van der Waals surface area contributed by atoms with Crippen LogP contribution in [-0.2, 0) is 6.42 Å². The van der Waals surface area contributed by atoms with E-state index in [1.165, 1.54) is 34.2 Å². The number of hydrogen-bond acceptors (Lipinski definition) is 2. The van der Waals surface area contributed by atoms with Gasteiger partial charge in [-0.1, -0.05) is 48.5 Å². The summed E-state index contributed by atoms with van der Waals surface area (Å²) in [5, 5.41) is 0. The molecule has 0 fully saturated rings. The molecule has 1 aliphatic carbocycles. The molecule has 126 valence electrons. The van der Waals surface area contributed by atoms with Crippen LogP contribution in [0.1, 0.15) is 29.0 Å². The molecule has 0 amide bonds. The molecule has 0 radical (unpaired) electrons. The number of benzene rings is 2. The molecule has 2 atom stereocenters. The van der Waals surface area contributed by atoms with Gasteiger partial charge >= 0.3 is 0 Å². The molecule has 0 N–H and O–H groups in total. The number of pyridine rings is 1. The lowest BCUT2D eigenvalue weighted by Crippen LogP contribution is -2.35. The van der Waals surface area contributed by atoms with Crippen molar-refractivity contribution in [2.24, 2.45) is 0 Å². The molecule has 0 aliphatic heterocycles. The van der Waals surface area contributed by atoms with Crippen molar-refractivity contribution in [3.8, 4) is 11.1 Å². The second kappa shape index (κ2) is 6.81. The highest BCUT2D eigenvalue weighted by Crippen LogP contribution is 2.38. The van der Waals surface area contributed by atoms with Crippen LogP contribution in [0.15, 0.2) is 73.1 Å². The van der Waals surface area contributed by atoms with Gasteiger partial charge < -0.3 is 4.90 Å². The summed E-state index contributed by atoms with van der Waals surface area (Å²) < 4.78 is 0. The second-order valence-electron chi connectivity index (χ2n) is 7.17. The van der Waals surface area contributed by atoms with Gasteiger partial charge in [-0.2, -0.15) is 0 Å². The monoisotopic (exact) mass is 328 g/mol. The Morgan fingerprint density at radius 2 is 1.68 bits per heavy atom. The van der Waals surface area contributed by atoms with Gasteiger partial charge in [-0.3, -0.25) is 4.98 Å². The van der Waals surface area contributed by atoms with Gasteiger partial charge in [0.1, 0.15) is 0 Å². The fraction of sp³-hybridized carbons (Fsp3) is 0.261. The Balaban J connectivity index is 1.76. The minimum Gasteiger partial charge on any atom is -0.306 e. The van der Waals surface area contributed by atoms with Gasteiger partial charge in [0.2, 0.25) is 0 Å². The number of rotatable bonds is 3. The zero-order chi connectivity index (χ0) is 17.2. The molecule has 0 bridgehead atoms. The third-order valence-corrected chi connectivity index (χ3v) is 5.43. The maximum atomic E-state index is 4.14. The SMILES string of the molecule is CN(C)[C@@H]1Cc2ccccc2[C@H](c2cccc(-c3ccncc3)c2)C1. The minimum atomic E-state index is 0.458. The van der Waals surface area contributed by atoms with Crippen LogP contribution in [0.5, 0.6) is 0 Å². The Morgan fingerprint density at radius 1 is 0.880 bits per heavy atom. The van der Waals surface area contributed by atoms with Crippen molar-refractivity contribution >= 4 is 0 Å². The van der Waals surface area contributed by atoms with Crippen LogP contribution < -0.4 is 0 Å².